The molecule has 1 N–H and O–H groups in total. The molecule has 1 fully saturated rings. The summed E-state index contributed by atoms with van der Waals surface area (Å²) in [6.45, 7) is 1.76. The fourth-order valence-electron chi connectivity index (χ4n) is 2.17. The van der Waals surface area contributed by atoms with Gasteiger partial charge in [0.1, 0.15) is 0 Å². The summed E-state index contributed by atoms with van der Waals surface area (Å²) in [4.78, 5) is 10.4. The van der Waals surface area contributed by atoms with Gasteiger partial charge in [-0.3, -0.25) is 14.8 Å². The van der Waals surface area contributed by atoms with Gasteiger partial charge in [0.25, 0.3) is 5.69 Å². The fourth-order valence-corrected chi connectivity index (χ4v) is 2.17. The van der Waals surface area contributed by atoms with Crippen molar-refractivity contribution >= 4 is 16.6 Å². The molecule has 0 spiro atoms. The van der Waals surface area contributed by atoms with E-state index in [1.807, 2.05) is 4.68 Å². The largest absolute Gasteiger partial charge is 0.314 e. The van der Waals surface area contributed by atoms with E-state index in [4.69, 9.17) is 0 Å². The van der Waals surface area contributed by atoms with E-state index in [-0.39, 0.29) is 10.6 Å². The van der Waals surface area contributed by atoms with E-state index in [0.717, 1.165) is 36.5 Å². The number of rotatable bonds is 6. The Morgan fingerprint density at radius 2 is 2.32 bits per heavy atom. The Bertz CT molecular complexity index is 604. The molecule has 1 aliphatic rings. The summed E-state index contributed by atoms with van der Waals surface area (Å²) in [6.07, 6.45) is 5.32. The molecule has 6 heteroatoms. The highest BCUT2D eigenvalue weighted by atomic mass is 16.6. The maximum atomic E-state index is 10.8. The lowest BCUT2D eigenvalue weighted by molar-refractivity contribution is -0.384. The minimum atomic E-state index is -0.370. The smallest absolute Gasteiger partial charge is 0.271 e. The van der Waals surface area contributed by atoms with Gasteiger partial charge in [-0.25, -0.2) is 0 Å². The molecule has 2 aromatic rings. The van der Waals surface area contributed by atoms with Gasteiger partial charge in [-0.2, -0.15) is 5.10 Å². The van der Waals surface area contributed by atoms with Crippen LogP contribution in [-0.4, -0.2) is 27.3 Å². The fraction of sp³-hybridized carbons (Fsp3) is 0.462. The van der Waals surface area contributed by atoms with Crippen molar-refractivity contribution in [3.8, 4) is 0 Å². The number of aryl methyl sites for hydroxylation is 1. The van der Waals surface area contributed by atoms with Crippen LogP contribution in [0.1, 0.15) is 19.3 Å². The second kappa shape index (κ2) is 4.97. The molecule has 0 radical (unpaired) electrons. The number of aromatic nitrogens is 2. The van der Waals surface area contributed by atoms with E-state index < -0.39 is 0 Å². The molecule has 6 nitrogen and oxygen atoms in total. The number of fused-ring (bicyclic) bond motifs is 1. The summed E-state index contributed by atoms with van der Waals surface area (Å²) in [5.74, 6) is 0. The van der Waals surface area contributed by atoms with Crippen LogP contribution in [0, 0.1) is 10.1 Å². The number of nitro benzene ring substituents is 1. The van der Waals surface area contributed by atoms with E-state index in [9.17, 15) is 10.1 Å². The van der Waals surface area contributed by atoms with E-state index in [1.165, 1.54) is 18.9 Å². The van der Waals surface area contributed by atoms with Gasteiger partial charge in [-0.05, 0) is 31.9 Å². The highest BCUT2D eigenvalue weighted by molar-refractivity contribution is 5.80. The highest BCUT2D eigenvalue weighted by Gasteiger charge is 2.19. The lowest BCUT2D eigenvalue weighted by Crippen LogP contribution is -2.19. The summed E-state index contributed by atoms with van der Waals surface area (Å²) in [6, 6.07) is 5.58. The third-order valence-electron chi connectivity index (χ3n) is 3.40. The molecule has 0 saturated heterocycles. The number of nitrogens with zero attached hydrogens (tertiary/aromatic N) is 3. The minimum Gasteiger partial charge on any atom is -0.314 e. The standard InChI is InChI=1S/C13H16N4O2/c18-17(19)12-5-2-10-9-15-16(13(10)8-12)7-1-6-14-11-3-4-11/h2,5,8-9,11,14H,1,3-4,6-7H2. The maximum absolute atomic E-state index is 10.8. The molecule has 1 saturated carbocycles. The molecule has 0 aliphatic heterocycles. The molecular formula is C13H16N4O2. The molecule has 0 amide bonds. The zero-order valence-corrected chi connectivity index (χ0v) is 10.6. The Morgan fingerprint density at radius 3 is 3.05 bits per heavy atom. The van der Waals surface area contributed by atoms with Crippen LogP contribution in [0.25, 0.3) is 10.9 Å². The minimum absolute atomic E-state index is 0.116. The van der Waals surface area contributed by atoms with Crippen LogP contribution in [-0.2, 0) is 6.54 Å². The number of hydrogen-bond acceptors (Lipinski definition) is 4. The summed E-state index contributed by atoms with van der Waals surface area (Å²) >= 11 is 0. The van der Waals surface area contributed by atoms with Gasteiger partial charge in [0, 0.05) is 30.1 Å². The third-order valence-corrected chi connectivity index (χ3v) is 3.40. The molecule has 1 aromatic carbocycles. The molecular weight excluding hydrogens is 244 g/mol. The Hall–Kier alpha value is -1.95. The molecule has 0 atom stereocenters. The molecule has 1 heterocycles. The highest BCUT2D eigenvalue weighted by Crippen LogP contribution is 2.21. The quantitative estimate of drug-likeness (QED) is 0.490. The average molecular weight is 260 g/mol. The summed E-state index contributed by atoms with van der Waals surface area (Å²) in [5, 5.41) is 19.5. The van der Waals surface area contributed by atoms with Gasteiger partial charge >= 0.3 is 0 Å². The predicted molar refractivity (Wildman–Crippen MR) is 72.0 cm³/mol. The lowest BCUT2D eigenvalue weighted by Gasteiger charge is -2.04. The van der Waals surface area contributed by atoms with Gasteiger partial charge < -0.3 is 5.32 Å². The lowest BCUT2D eigenvalue weighted by atomic mass is 10.2. The zero-order valence-electron chi connectivity index (χ0n) is 10.6. The van der Waals surface area contributed by atoms with Crippen molar-refractivity contribution in [2.75, 3.05) is 6.54 Å². The Balaban J connectivity index is 1.70. The van der Waals surface area contributed by atoms with E-state index in [2.05, 4.69) is 10.4 Å². The monoisotopic (exact) mass is 260 g/mol. The molecule has 19 heavy (non-hydrogen) atoms. The topological polar surface area (TPSA) is 73.0 Å². The second-order valence-corrected chi connectivity index (χ2v) is 4.95. The van der Waals surface area contributed by atoms with Gasteiger partial charge in [-0.15, -0.1) is 0 Å². The van der Waals surface area contributed by atoms with Crippen molar-refractivity contribution in [2.45, 2.75) is 31.8 Å². The first-order valence-corrected chi connectivity index (χ1v) is 6.57. The molecule has 0 unspecified atom stereocenters. The first-order chi connectivity index (χ1) is 9.24. The van der Waals surface area contributed by atoms with Crippen LogP contribution in [0.4, 0.5) is 5.69 Å². The van der Waals surface area contributed by atoms with Crippen LogP contribution in [0.15, 0.2) is 24.4 Å². The maximum Gasteiger partial charge on any atom is 0.271 e. The van der Waals surface area contributed by atoms with E-state index in [0.29, 0.717) is 0 Å². The van der Waals surface area contributed by atoms with Crippen molar-refractivity contribution in [1.29, 1.82) is 0 Å². The first-order valence-electron chi connectivity index (χ1n) is 6.57. The molecule has 3 rings (SSSR count). The van der Waals surface area contributed by atoms with Crippen molar-refractivity contribution in [1.82, 2.24) is 15.1 Å². The zero-order chi connectivity index (χ0) is 13.2. The third kappa shape index (κ3) is 2.73. The number of benzene rings is 1. The Morgan fingerprint density at radius 1 is 1.47 bits per heavy atom. The van der Waals surface area contributed by atoms with Gasteiger partial charge in [0.15, 0.2) is 0 Å². The van der Waals surface area contributed by atoms with E-state index >= 15 is 0 Å². The van der Waals surface area contributed by atoms with Crippen LogP contribution < -0.4 is 5.32 Å². The second-order valence-electron chi connectivity index (χ2n) is 4.95. The average Bonchev–Trinajstić information content (AvgIpc) is 3.14. The Labute approximate surface area is 110 Å². The van der Waals surface area contributed by atoms with Crippen molar-refractivity contribution in [3.05, 3.63) is 34.5 Å². The van der Waals surface area contributed by atoms with Gasteiger partial charge in [0.2, 0.25) is 0 Å². The van der Waals surface area contributed by atoms with Gasteiger partial charge in [0.05, 0.1) is 16.6 Å². The number of non-ortho nitro benzene ring substituents is 1. The number of nitro groups is 1. The normalized spacial score (nSPS) is 14.9. The van der Waals surface area contributed by atoms with Crippen molar-refractivity contribution < 1.29 is 4.92 Å². The van der Waals surface area contributed by atoms with Crippen LogP contribution in [0.3, 0.4) is 0 Å². The summed E-state index contributed by atoms with van der Waals surface area (Å²) in [7, 11) is 0. The molecule has 0 bridgehead atoms. The van der Waals surface area contributed by atoms with Gasteiger partial charge in [-0.1, -0.05) is 0 Å². The number of nitrogens with one attached hydrogen (secondary N) is 1. The van der Waals surface area contributed by atoms with Crippen LogP contribution in [0.5, 0.6) is 0 Å². The number of hydrogen-bond donors (Lipinski definition) is 1. The molecule has 100 valence electrons. The van der Waals surface area contributed by atoms with Crippen LogP contribution >= 0.6 is 0 Å². The van der Waals surface area contributed by atoms with Crippen molar-refractivity contribution in [2.24, 2.45) is 0 Å². The first kappa shape index (κ1) is 12.1. The predicted octanol–water partition coefficient (Wildman–Crippen LogP) is 2.09. The Kier molecular flexibility index (Phi) is 3.16. The SMILES string of the molecule is O=[N+]([O-])c1ccc2cnn(CCCNC3CC3)c2c1. The van der Waals surface area contributed by atoms with Crippen molar-refractivity contribution in [3.63, 3.8) is 0 Å². The van der Waals surface area contributed by atoms with E-state index in [1.54, 1.807) is 18.3 Å². The molecule has 1 aromatic heterocycles. The summed E-state index contributed by atoms with van der Waals surface area (Å²) < 4.78 is 1.84. The molecule has 1 aliphatic carbocycles. The summed E-state index contributed by atoms with van der Waals surface area (Å²) in [5.41, 5.74) is 0.950. The van der Waals surface area contributed by atoms with Crippen LogP contribution in [0.2, 0.25) is 0 Å².